The van der Waals surface area contributed by atoms with E-state index in [0.717, 1.165) is 0 Å². The van der Waals surface area contributed by atoms with E-state index in [1.807, 2.05) is 12.2 Å². The van der Waals surface area contributed by atoms with Gasteiger partial charge in [0.25, 0.3) is 0 Å². The standard InChI is InChI=1S/C13H20/c1-2-3-4-7-10-13-11-8-5-6-9-12-13/h2-4,11H,1,5-10,12H2. The summed E-state index contributed by atoms with van der Waals surface area (Å²) in [4.78, 5) is 0. The quantitative estimate of drug-likeness (QED) is 0.440. The van der Waals surface area contributed by atoms with Gasteiger partial charge in [0.15, 0.2) is 0 Å². The molecule has 13 heavy (non-hydrogen) atoms. The van der Waals surface area contributed by atoms with Crippen molar-refractivity contribution >= 4 is 0 Å². The van der Waals surface area contributed by atoms with Gasteiger partial charge in [0, 0.05) is 0 Å². The minimum atomic E-state index is 1.18. The Morgan fingerprint density at radius 3 is 3.08 bits per heavy atom. The SMILES string of the molecule is C=CC=CCCC1=CCCCCC1. The van der Waals surface area contributed by atoms with Crippen molar-refractivity contribution < 1.29 is 0 Å². The molecule has 0 radical (unpaired) electrons. The molecule has 0 saturated heterocycles. The first-order valence-corrected chi connectivity index (χ1v) is 5.39. The lowest BCUT2D eigenvalue weighted by molar-refractivity contribution is 0.702. The molecule has 0 unspecified atom stereocenters. The third kappa shape index (κ3) is 4.72. The molecular formula is C13H20. The molecule has 0 amide bonds. The van der Waals surface area contributed by atoms with Crippen LogP contribution in [0.4, 0.5) is 0 Å². The van der Waals surface area contributed by atoms with E-state index in [2.05, 4.69) is 18.7 Å². The second-order valence-corrected chi connectivity index (χ2v) is 3.66. The van der Waals surface area contributed by atoms with Gasteiger partial charge in [0.1, 0.15) is 0 Å². The van der Waals surface area contributed by atoms with Crippen LogP contribution in [0.15, 0.2) is 36.5 Å². The molecule has 0 aromatic rings. The Morgan fingerprint density at radius 1 is 1.31 bits per heavy atom. The third-order valence-electron chi connectivity index (χ3n) is 2.54. The minimum Gasteiger partial charge on any atom is -0.0991 e. The average Bonchev–Trinajstić information content (AvgIpc) is 2.41. The maximum atomic E-state index is 3.66. The van der Waals surface area contributed by atoms with Gasteiger partial charge in [-0.3, -0.25) is 0 Å². The Labute approximate surface area is 82.0 Å². The van der Waals surface area contributed by atoms with Gasteiger partial charge < -0.3 is 0 Å². The topological polar surface area (TPSA) is 0 Å². The molecule has 1 aliphatic rings. The molecule has 0 heteroatoms. The summed E-state index contributed by atoms with van der Waals surface area (Å²) in [6, 6.07) is 0. The summed E-state index contributed by atoms with van der Waals surface area (Å²) in [6.45, 7) is 3.66. The minimum absolute atomic E-state index is 1.18. The molecule has 0 nitrogen and oxygen atoms in total. The summed E-state index contributed by atoms with van der Waals surface area (Å²) in [5.74, 6) is 0. The second kappa shape index (κ2) is 6.71. The molecule has 0 N–H and O–H groups in total. The van der Waals surface area contributed by atoms with Crippen molar-refractivity contribution in [3.8, 4) is 0 Å². The highest BCUT2D eigenvalue weighted by Gasteiger charge is 2.00. The lowest BCUT2D eigenvalue weighted by Gasteiger charge is -2.01. The van der Waals surface area contributed by atoms with Crippen LogP contribution in [0.25, 0.3) is 0 Å². The maximum Gasteiger partial charge on any atom is -0.0285 e. The number of rotatable bonds is 4. The number of hydrogen-bond acceptors (Lipinski definition) is 0. The average molecular weight is 176 g/mol. The normalized spacial score (nSPS) is 18.3. The lowest BCUT2D eigenvalue weighted by atomic mass is 10.1. The van der Waals surface area contributed by atoms with Gasteiger partial charge in [-0.05, 0) is 38.5 Å². The van der Waals surface area contributed by atoms with Crippen molar-refractivity contribution in [1.29, 1.82) is 0 Å². The van der Waals surface area contributed by atoms with E-state index in [4.69, 9.17) is 0 Å². The highest BCUT2D eigenvalue weighted by molar-refractivity contribution is 5.06. The highest BCUT2D eigenvalue weighted by atomic mass is 14.1. The lowest BCUT2D eigenvalue weighted by Crippen LogP contribution is -1.81. The Morgan fingerprint density at radius 2 is 2.23 bits per heavy atom. The fraction of sp³-hybridized carbons (Fsp3) is 0.538. The molecule has 0 heterocycles. The molecular weight excluding hydrogens is 156 g/mol. The summed E-state index contributed by atoms with van der Waals surface area (Å²) in [6.07, 6.45) is 17.8. The maximum absolute atomic E-state index is 3.66. The number of hydrogen-bond donors (Lipinski definition) is 0. The largest absolute Gasteiger partial charge is 0.0991 e. The van der Waals surface area contributed by atoms with Crippen molar-refractivity contribution in [2.24, 2.45) is 0 Å². The zero-order chi connectivity index (χ0) is 9.36. The summed E-state index contributed by atoms with van der Waals surface area (Å²) < 4.78 is 0. The van der Waals surface area contributed by atoms with Crippen LogP contribution in [0.1, 0.15) is 44.9 Å². The van der Waals surface area contributed by atoms with E-state index in [1.165, 1.54) is 44.9 Å². The predicted octanol–water partition coefficient (Wildman–Crippen LogP) is 4.40. The molecule has 0 spiro atoms. The van der Waals surface area contributed by atoms with Crippen molar-refractivity contribution in [2.75, 3.05) is 0 Å². The van der Waals surface area contributed by atoms with Gasteiger partial charge in [-0.1, -0.05) is 42.9 Å². The molecule has 0 aliphatic heterocycles. The first-order chi connectivity index (χ1) is 6.43. The van der Waals surface area contributed by atoms with E-state index < -0.39 is 0 Å². The molecule has 0 bridgehead atoms. The molecule has 0 aromatic carbocycles. The predicted molar refractivity (Wildman–Crippen MR) is 59.7 cm³/mol. The zero-order valence-corrected chi connectivity index (χ0v) is 8.47. The van der Waals surface area contributed by atoms with Crippen LogP contribution in [0.5, 0.6) is 0 Å². The zero-order valence-electron chi connectivity index (χ0n) is 8.47. The van der Waals surface area contributed by atoms with Gasteiger partial charge >= 0.3 is 0 Å². The van der Waals surface area contributed by atoms with Crippen LogP contribution >= 0.6 is 0 Å². The van der Waals surface area contributed by atoms with E-state index in [9.17, 15) is 0 Å². The van der Waals surface area contributed by atoms with Gasteiger partial charge in [-0.2, -0.15) is 0 Å². The molecule has 1 aliphatic carbocycles. The summed E-state index contributed by atoms with van der Waals surface area (Å²) in [7, 11) is 0. The Kier molecular flexibility index (Phi) is 5.31. The first-order valence-electron chi connectivity index (χ1n) is 5.39. The van der Waals surface area contributed by atoms with E-state index in [0.29, 0.717) is 0 Å². The van der Waals surface area contributed by atoms with Crippen LogP contribution in [-0.4, -0.2) is 0 Å². The fourth-order valence-corrected chi connectivity index (χ4v) is 1.77. The van der Waals surface area contributed by atoms with Gasteiger partial charge in [0.05, 0.1) is 0 Å². The third-order valence-corrected chi connectivity index (χ3v) is 2.54. The van der Waals surface area contributed by atoms with Crippen LogP contribution in [0, 0.1) is 0 Å². The van der Waals surface area contributed by atoms with Gasteiger partial charge in [0.2, 0.25) is 0 Å². The molecule has 1 rings (SSSR count). The molecule has 0 saturated carbocycles. The Hall–Kier alpha value is -0.780. The van der Waals surface area contributed by atoms with Crippen LogP contribution in [0.3, 0.4) is 0 Å². The van der Waals surface area contributed by atoms with Crippen molar-refractivity contribution in [3.63, 3.8) is 0 Å². The molecule has 0 atom stereocenters. The van der Waals surface area contributed by atoms with E-state index in [-0.39, 0.29) is 0 Å². The molecule has 72 valence electrons. The fourth-order valence-electron chi connectivity index (χ4n) is 1.77. The second-order valence-electron chi connectivity index (χ2n) is 3.66. The van der Waals surface area contributed by atoms with Crippen molar-refractivity contribution in [3.05, 3.63) is 36.5 Å². The Bertz CT molecular complexity index is 196. The smallest absolute Gasteiger partial charge is 0.0285 e. The Balaban J connectivity index is 2.22. The van der Waals surface area contributed by atoms with Crippen molar-refractivity contribution in [2.45, 2.75) is 44.9 Å². The van der Waals surface area contributed by atoms with Crippen LogP contribution in [-0.2, 0) is 0 Å². The monoisotopic (exact) mass is 176 g/mol. The first kappa shape index (κ1) is 10.3. The van der Waals surface area contributed by atoms with Crippen LogP contribution < -0.4 is 0 Å². The number of allylic oxidation sites excluding steroid dienone is 5. The van der Waals surface area contributed by atoms with Gasteiger partial charge in [-0.15, -0.1) is 0 Å². The summed E-state index contributed by atoms with van der Waals surface area (Å²) in [5, 5.41) is 0. The summed E-state index contributed by atoms with van der Waals surface area (Å²) in [5.41, 5.74) is 1.67. The van der Waals surface area contributed by atoms with Crippen LogP contribution in [0.2, 0.25) is 0 Å². The van der Waals surface area contributed by atoms with E-state index in [1.54, 1.807) is 5.57 Å². The summed E-state index contributed by atoms with van der Waals surface area (Å²) >= 11 is 0. The van der Waals surface area contributed by atoms with Gasteiger partial charge in [-0.25, -0.2) is 0 Å². The van der Waals surface area contributed by atoms with E-state index >= 15 is 0 Å². The highest BCUT2D eigenvalue weighted by Crippen LogP contribution is 2.20. The molecule has 0 aromatic heterocycles. The molecule has 0 fully saturated rings. The van der Waals surface area contributed by atoms with Crippen molar-refractivity contribution in [1.82, 2.24) is 0 Å².